The zero-order chi connectivity index (χ0) is 14.5. The second-order valence-corrected chi connectivity index (χ2v) is 3.92. The van der Waals surface area contributed by atoms with Gasteiger partial charge in [-0.2, -0.15) is 0 Å². The molecule has 0 aliphatic heterocycles. The Morgan fingerprint density at radius 1 is 1.30 bits per heavy atom. The lowest BCUT2D eigenvalue weighted by Crippen LogP contribution is -2.17. The monoisotopic (exact) mass is 275 g/mol. The van der Waals surface area contributed by atoms with Crippen LogP contribution < -0.4 is 5.32 Å². The van der Waals surface area contributed by atoms with E-state index in [1.54, 1.807) is 38.1 Å². The number of hydrogen-bond donors (Lipinski definition) is 1. The first-order valence-corrected chi connectivity index (χ1v) is 6.00. The molecule has 0 saturated heterocycles. The Balaban J connectivity index is 2.24. The smallest absolute Gasteiger partial charge is 0.340 e. The molecule has 0 spiro atoms. The van der Waals surface area contributed by atoms with Gasteiger partial charge in [0.05, 0.1) is 17.9 Å². The standard InChI is InChI=1S/C13H13N3O4/c1-3-19-13(18)9-6-4-5-7-10(9)14-12(17)11-8(2)15-20-16-11/h4-7H,3H2,1-2H3,(H,14,17). The first-order valence-electron chi connectivity index (χ1n) is 6.00. The molecule has 2 aromatic rings. The summed E-state index contributed by atoms with van der Waals surface area (Å²) in [4.78, 5) is 23.8. The van der Waals surface area contributed by atoms with Gasteiger partial charge in [-0.1, -0.05) is 17.3 Å². The van der Waals surface area contributed by atoms with E-state index in [0.717, 1.165) is 0 Å². The van der Waals surface area contributed by atoms with Crippen molar-refractivity contribution < 1.29 is 19.0 Å². The summed E-state index contributed by atoms with van der Waals surface area (Å²) in [5.41, 5.74) is 1.06. The van der Waals surface area contributed by atoms with Crippen molar-refractivity contribution in [3.05, 3.63) is 41.2 Å². The molecule has 7 heteroatoms. The van der Waals surface area contributed by atoms with Gasteiger partial charge >= 0.3 is 5.97 Å². The maximum Gasteiger partial charge on any atom is 0.340 e. The number of benzene rings is 1. The normalized spacial score (nSPS) is 10.1. The van der Waals surface area contributed by atoms with Crippen LogP contribution in [0.5, 0.6) is 0 Å². The van der Waals surface area contributed by atoms with Crippen molar-refractivity contribution >= 4 is 17.6 Å². The minimum Gasteiger partial charge on any atom is -0.462 e. The molecule has 20 heavy (non-hydrogen) atoms. The number of nitrogens with zero attached hydrogens (tertiary/aromatic N) is 2. The summed E-state index contributed by atoms with van der Waals surface area (Å²) in [5.74, 6) is -1.00. The highest BCUT2D eigenvalue weighted by atomic mass is 16.6. The summed E-state index contributed by atoms with van der Waals surface area (Å²) in [6.45, 7) is 3.57. The molecule has 1 N–H and O–H groups in total. The molecule has 1 aromatic heterocycles. The Labute approximate surface area is 114 Å². The molecule has 0 atom stereocenters. The number of para-hydroxylation sites is 1. The molecule has 2 rings (SSSR count). The number of anilines is 1. The van der Waals surface area contributed by atoms with E-state index in [1.807, 2.05) is 0 Å². The van der Waals surface area contributed by atoms with Gasteiger partial charge in [-0.05, 0) is 31.1 Å². The molecule has 104 valence electrons. The van der Waals surface area contributed by atoms with Gasteiger partial charge in [-0.15, -0.1) is 0 Å². The summed E-state index contributed by atoms with van der Waals surface area (Å²) in [6.07, 6.45) is 0. The van der Waals surface area contributed by atoms with Crippen LogP contribution in [0, 0.1) is 6.92 Å². The average Bonchev–Trinajstić information content (AvgIpc) is 2.86. The van der Waals surface area contributed by atoms with Gasteiger partial charge in [0.1, 0.15) is 5.69 Å². The maximum absolute atomic E-state index is 12.0. The van der Waals surface area contributed by atoms with Crippen LogP contribution in [-0.2, 0) is 4.74 Å². The SMILES string of the molecule is CCOC(=O)c1ccccc1NC(=O)c1nonc1C. The van der Waals surface area contributed by atoms with Crippen molar-refractivity contribution in [2.75, 3.05) is 11.9 Å². The van der Waals surface area contributed by atoms with E-state index < -0.39 is 11.9 Å². The summed E-state index contributed by atoms with van der Waals surface area (Å²) >= 11 is 0. The minimum absolute atomic E-state index is 0.0728. The fourth-order valence-corrected chi connectivity index (χ4v) is 1.60. The molecule has 7 nitrogen and oxygen atoms in total. The fraction of sp³-hybridized carbons (Fsp3) is 0.231. The van der Waals surface area contributed by atoms with Crippen LogP contribution in [0.15, 0.2) is 28.9 Å². The molecular formula is C13H13N3O4. The second-order valence-electron chi connectivity index (χ2n) is 3.92. The predicted octanol–water partition coefficient (Wildman–Crippen LogP) is 1.81. The van der Waals surface area contributed by atoms with Crippen molar-refractivity contribution in [2.45, 2.75) is 13.8 Å². The molecule has 0 fully saturated rings. The Bertz CT molecular complexity index is 636. The third kappa shape index (κ3) is 2.82. The van der Waals surface area contributed by atoms with E-state index in [-0.39, 0.29) is 17.9 Å². The Kier molecular flexibility index (Phi) is 4.09. The molecule has 1 amide bonds. The second kappa shape index (κ2) is 5.96. The van der Waals surface area contributed by atoms with Gasteiger partial charge in [-0.25, -0.2) is 9.42 Å². The summed E-state index contributed by atoms with van der Waals surface area (Å²) in [5, 5.41) is 9.63. The molecule has 0 unspecified atom stereocenters. The average molecular weight is 275 g/mol. The van der Waals surface area contributed by atoms with E-state index in [2.05, 4.69) is 20.3 Å². The van der Waals surface area contributed by atoms with Crippen molar-refractivity contribution in [3.8, 4) is 0 Å². The van der Waals surface area contributed by atoms with Gasteiger partial charge < -0.3 is 10.1 Å². The van der Waals surface area contributed by atoms with E-state index in [4.69, 9.17) is 4.74 Å². The number of aromatic nitrogens is 2. The summed E-state index contributed by atoms with van der Waals surface area (Å²) < 4.78 is 9.40. The first kappa shape index (κ1) is 13.7. The lowest BCUT2D eigenvalue weighted by atomic mass is 10.1. The Morgan fingerprint density at radius 3 is 2.70 bits per heavy atom. The Morgan fingerprint density at radius 2 is 2.05 bits per heavy atom. The van der Waals surface area contributed by atoms with Gasteiger partial charge in [0.25, 0.3) is 5.91 Å². The Hall–Kier alpha value is -2.70. The molecule has 0 saturated carbocycles. The number of aryl methyl sites for hydroxylation is 1. The molecule has 1 heterocycles. The number of nitrogens with one attached hydrogen (secondary N) is 1. The highest BCUT2D eigenvalue weighted by Crippen LogP contribution is 2.17. The fourth-order valence-electron chi connectivity index (χ4n) is 1.60. The number of rotatable bonds is 4. The number of hydrogen-bond acceptors (Lipinski definition) is 6. The number of amides is 1. The van der Waals surface area contributed by atoms with Crippen LogP contribution in [0.3, 0.4) is 0 Å². The van der Waals surface area contributed by atoms with Crippen molar-refractivity contribution in [1.82, 2.24) is 10.3 Å². The largest absolute Gasteiger partial charge is 0.462 e. The summed E-state index contributed by atoms with van der Waals surface area (Å²) in [7, 11) is 0. The number of esters is 1. The van der Waals surface area contributed by atoms with Crippen LogP contribution >= 0.6 is 0 Å². The molecule has 0 radical (unpaired) electrons. The summed E-state index contributed by atoms with van der Waals surface area (Å²) in [6, 6.07) is 6.56. The third-order valence-electron chi connectivity index (χ3n) is 2.54. The van der Waals surface area contributed by atoms with Gasteiger partial charge in [-0.3, -0.25) is 4.79 Å². The molecule has 0 aliphatic rings. The third-order valence-corrected chi connectivity index (χ3v) is 2.54. The topological polar surface area (TPSA) is 94.3 Å². The van der Waals surface area contributed by atoms with E-state index in [9.17, 15) is 9.59 Å². The predicted molar refractivity (Wildman–Crippen MR) is 69.4 cm³/mol. The van der Waals surface area contributed by atoms with Crippen molar-refractivity contribution in [2.24, 2.45) is 0 Å². The molecule has 0 aliphatic carbocycles. The number of carbonyl (C=O) groups excluding carboxylic acids is 2. The molecule has 1 aromatic carbocycles. The molecule has 0 bridgehead atoms. The maximum atomic E-state index is 12.0. The van der Waals surface area contributed by atoms with E-state index in [0.29, 0.717) is 11.4 Å². The van der Waals surface area contributed by atoms with Crippen LogP contribution in [0.25, 0.3) is 0 Å². The minimum atomic E-state index is -0.501. The number of ether oxygens (including phenoxy) is 1. The van der Waals surface area contributed by atoms with Gasteiger partial charge in [0.15, 0.2) is 5.69 Å². The van der Waals surface area contributed by atoms with E-state index >= 15 is 0 Å². The van der Waals surface area contributed by atoms with Crippen molar-refractivity contribution in [1.29, 1.82) is 0 Å². The van der Waals surface area contributed by atoms with E-state index in [1.165, 1.54) is 0 Å². The van der Waals surface area contributed by atoms with Crippen LogP contribution in [0.4, 0.5) is 5.69 Å². The highest BCUT2D eigenvalue weighted by molar-refractivity contribution is 6.07. The zero-order valence-corrected chi connectivity index (χ0v) is 11.0. The highest BCUT2D eigenvalue weighted by Gasteiger charge is 2.18. The van der Waals surface area contributed by atoms with Crippen LogP contribution in [0.1, 0.15) is 33.5 Å². The first-order chi connectivity index (χ1) is 9.63. The zero-order valence-electron chi connectivity index (χ0n) is 11.0. The van der Waals surface area contributed by atoms with Crippen LogP contribution in [0.2, 0.25) is 0 Å². The lowest BCUT2D eigenvalue weighted by molar-refractivity contribution is 0.0527. The number of carbonyl (C=O) groups is 2. The quantitative estimate of drug-likeness (QED) is 0.855. The van der Waals surface area contributed by atoms with Gasteiger partial charge in [0, 0.05) is 0 Å². The lowest BCUT2D eigenvalue weighted by Gasteiger charge is -2.09. The van der Waals surface area contributed by atoms with Gasteiger partial charge in [0.2, 0.25) is 0 Å². The van der Waals surface area contributed by atoms with Crippen LogP contribution in [-0.4, -0.2) is 28.8 Å². The molecular weight excluding hydrogens is 262 g/mol. The van der Waals surface area contributed by atoms with Crippen molar-refractivity contribution in [3.63, 3.8) is 0 Å².